The third kappa shape index (κ3) is 3.41. The predicted molar refractivity (Wildman–Crippen MR) is 73.6 cm³/mol. The zero-order valence-electron chi connectivity index (χ0n) is 11.2. The molecule has 0 aliphatic rings. The van der Waals surface area contributed by atoms with E-state index in [0.29, 0.717) is 11.5 Å². The Balaban J connectivity index is 1.99. The number of pyridine rings is 1. The van der Waals surface area contributed by atoms with Crippen LogP contribution in [0.4, 0.5) is 0 Å². The molecule has 102 valence electrons. The molecule has 0 aliphatic heterocycles. The summed E-state index contributed by atoms with van der Waals surface area (Å²) >= 11 is 1.70. The molecule has 0 N–H and O–H groups in total. The minimum absolute atomic E-state index is 0.689. The smallest absolute Gasteiger partial charge is 0.183 e. The van der Waals surface area contributed by atoms with E-state index >= 15 is 0 Å². The van der Waals surface area contributed by atoms with Gasteiger partial charge in [-0.2, -0.15) is 0 Å². The highest BCUT2D eigenvalue weighted by atomic mass is 32.2. The van der Waals surface area contributed by atoms with Crippen LogP contribution in [0.3, 0.4) is 0 Å². The highest BCUT2D eigenvalue weighted by Crippen LogP contribution is 2.31. The van der Waals surface area contributed by atoms with Gasteiger partial charge in [-0.15, -0.1) is 11.8 Å². The van der Waals surface area contributed by atoms with Gasteiger partial charge in [0.2, 0.25) is 0 Å². The van der Waals surface area contributed by atoms with Crippen molar-refractivity contribution in [1.29, 1.82) is 0 Å². The second-order valence-corrected chi connectivity index (χ2v) is 4.90. The van der Waals surface area contributed by atoms with E-state index < -0.39 is 0 Å². The van der Waals surface area contributed by atoms with Crippen molar-refractivity contribution in [2.24, 2.45) is 0 Å². The molecule has 0 saturated heterocycles. The Morgan fingerprint density at radius 3 is 2.74 bits per heavy atom. The summed E-state index contributed by atoms with van der Waals surface area (Å²) in [5, 5.41) is 3.95. The number of rotatable bonds is 6. The fourth-order valence-electron chi connectivity index (χ4n) is 1.69. The van der Waals surface area contributed by atoms with Crippen molar-refractivity contribution in [3.05, 3.63) is 35.5 Å². The minimum atomic E-state index is 0.689. The van der Waals surface area contributed by atoms with Crippen molar-refractivity contribution < 1.29 is 14.0 Å². The van der Waals surface area contributed by atoms with E-state index in [2.05, 4.69) is 10.1 Å². The van der Waals surface area contributed by atoms with Crippen LogP contribution in [-0.4, -0.2) is 24.4 Å². The second-order valence-electron chi connectivity index (χ2n) is 3.91. The number of hydrogen-bond donors (Lipinski definition) is 0. The molecule has 0 aliphatic carbocycles. The minimum Gasteiger partial charge on any atom is -0.493 e. The lowest BCUT2D eigenvalue weighted by Crippen LogP contribution is -1.97. The van der Waals surface area contributed by atoms with Gasteiger partial charge < -0.3 is 14.0 Å². The predicted octanol–water partition coefficient (Wildman–Crippen LogP) is 2.83. The Bertz CT molecular complexity index is 542. The van der Waals surface area contributed by atoms with Crippen molar-refractivity contribution in [3.8, 4) is 11.5 Å². The first-order chi connectivity index (χ1) is 9.24. The molecule has 2 rings (SSSR count). The molecule has 2 aromatic rings. The summed E-state index contributed by atoms with van der Waals surface area (Å²) < 4.78 is 15.6. The quantitative estimate of drug-likeness (QED) is 0.811. The summed E-state index contributed by atoms with van der Waals surface area (Å²) in [5.74, 6) is 3.72. The molecule has 19 heavy (non-hydrogen) atoms. The lowest BCUT2D eigenvalue weighted by molar-refractivity contribution is 0.350. The molecule has 0 spiro atoms. The van der Waals surface area contributed by atoms with Crippen LogP contribution in [0, 0.1) is 6.92 Å². The Morgan fingerprint density at radius 1 is 1.26 bits per heavy atom. The molecular formula is C13H16N2O3S. The average molecular weight is 280 g/mol. The fourth-order valence-corrected chi connectivity index (χ4v) is 2.54. The number of methoxy groups -OCH3 is 2. The fraction of sp³-hybridized carbons (Fsp3) is 0.385. The largest absolute Gasteiger partial charge is 0.493 e. The number of hydrogen-bond acceptors (Lipinski definition) is 6. The Hall–Kier alpha value is -1.69. The maximum atomic E-state index is 5.34. The summed E-state index contributed by atoms with van der Waals surface area (Å²) in [7, 11) is 3.24. The van der Waals surface area contributed by atoms with Gasteiger partial charge in [-0.05, 0) is 6.92 Å². The molecule has 0 bridgehead atoms. The van der Waals surface area contributed by atoms with Crippen LogP contribution >= 0.6 is 11.8 Å². The Morgan fingerprint density at radius 2 is 2.11 bits per heavy atom. The zero-order chi connectivity index (χ0) is 13.7. The van der Waals surface area contributed by atoms with E-state index in [1.807, 2.05) is 13.0 Å². The van der Waals surface area contributed by atoms with Crippen LogP contribution in [0.1, 0.15) is 17.1 Å². The molecule has 0 atom stereocenters. The van der Waals surface area contributed by atoms with E-state index in [0.717, 1.165) is 28.7 Å². The SMILES string of the molecule is COc1ccnc(CSCc2cc(C)on2)c1OC. The molecule has 0 fully saturated rings. The third-order valence-corrected chi connectivity index (χ3v) is 3.51. The molecule has 0 unspecified atom stereocenters. The van der Waals surface area contributed by atoms with Crippen molar-refractivity contribution in [3.63, 3.8) is 0 Å². The van der Waals surface area contributed by atoms with Crippen LogP contribution in [-0.2, 0) is 11.5 Å². The van der Waals surface area contributed by atoms with Crippen LogP contribution in [0.2, 0.25) is 0 Å². The van der Waals surface area contributed by atoms with Crippen molar-refractivity contribution in [1.82, 2.24) is 10.1 Å². The first kappa shape index (κ1) is 13.7. The van der Waals surface area contributed by atoms with Crippen molar-refractivity contribution in [2.45, 2.75) is 18.4 Å². The van der Waals surface area contributed by atoms with Gasteiger partial charge in [0.05, 0.1) is 25.6 Å². The second kappa shape index (κ2) is 6.47. The van der Waals surface area contributed by atoms with Gasteiger partial charge in [-0.25, -0.2) is 0 Å². The topological polar surface area (TPSA) is 57.4 Å². The number of aromatic nitrogens is 2. The number of ether oxygens (including phenoxy) is 2. The molecule has 0 aromatic carbocycles. The number of aryl methyl sites for hydroxylation is 1. The summed E-state index contributed by atoms with van der Waals surface area (Å²) in [6.45, 7) is 1.88. The van der Waals surface area contributed by atoms with Crippen LogP contribution in [0.25, 0.3) is 0 Å². The van der Waals surface area contributed by atoms with Gasteiger partial charge in [0.1, 0.15) is 5.76 Å². The van der Waals surface area contributed by atoms with E-state index in [4.69, 9.17) is 14.0 Å². The number of thioether (sulfide) groups is 1. The molecule has 0 amide bonds. The Labute approximate surface area is 116 Å². The molecule has 2 heterocycles. The van der Waals surface area contributed by atoms with Gasteiger partial charge in [0.25, 0.3) is 0 Å². The maximum absolute atomic E-state index is 5.34. The van der Waals surface area contributed by atoms with Crippen LogP contribution < -0.4 is 9.47 Å². The third-order valence-electron chi connectivity index (χ3n) is 2.53. The first-order valence-corrected chi connectivity index (χ1v) is 6.96. The molecule has 6 heteroatoms. The van der Waals surface area contributed by atoms with E-state index in [-0.39, 0.29) is 0 Å². The standard InChI is InChI=1S/C13H16N2O3S/c1-9-6-10(15-18-9)7-19-8-11-13(17-3)12(16-2)4-5-14-11/h4-6H,7-8H2,1-3H3. The first-order valence-electron chi connectivity index (χ1n) is 5.80. The van der Waals surface area contributed by atoms with Crippen LogP contribution in [0.5, 0.6) is 11.5 Å². The van der Waals surface area contributed by atoms with Gasteiger partial charge >= 0.3 is 0 Å². The Kier molecular flexibility index (Phi) is 4.68. The van der Waals surface area contributed by atoms with Gasteiger partial charge in [0.15, 0.2) is 11.5 Å². The van der Waals surface area contributed by atoms with Gasteiger partial charge in [0, 0.05) is 29.8 Å². The van der Waals surface area contributed by atoms with E-state index in [9.17, 15) is 0 Å². The molecule has 0 saturated carbocycles. The molecule has 5 nitrogen and oxygen atoms in total. The summed E-state index contributed by atoms with van der Waals surface area (Å²) in [4.78, 5) is 4.32. The zero-order valence-corrected chi connectivity index (χ0v) is 12.0. The normalized spacial score (nSPS) is 10.5. The van der Waals surface area contributed by atoms with Crippen LogP contribution in [0.15, 0.2) is 22.9 Å². The summed E-state index contributed by atoms with van der Waals surface area (Å²) in [5.41, 5.74) is 1.80. The van der Waals surface area contributed by atoms with Crippen molar-refractivity contribution in [2.75, 3.05) is 14.2 Å². The highest BCUT2D eigenvalue weighted by Gasteiger charge is 2.11. The number of nitrogens with zero attached hydrogens (tertiary/aromatic N) is 2. The van der Waals surface area contributed by atoms with E-state index in [1.165, 1.54) is 0 Å². The van der Waals surface area contributed by atoms with Crippen molar-refractivity contribution >= 4 is 11.8 Å². The maximum Gasteiger partial charge on any atom is 0.183 e. The summed E-state index contributed by atoms with van der Waals surface area (Å²) in [6.07, 6.45) is 1.72. The lowest BCUT2D eigenvalue weighted by atomic mass is 10.3. The van der Waals surface area contributed by atoms with E-state index in [1.54, 1.807) is 38.2 Å². The molecular weight excluding hydrogens is 264 g/mol. The molecule has 0 radical (unpaired) electrons. The van der Waals surface area contributed by atoms with Gasteiger partial charge in [-0.3, -0.25) is 4.98 Å². The molecule has 2 aromatic heterocycles. The summed E-state index contributed by atoms with van der Waals surface area (Å²) in [6, 6.07) is 3.72. The highest BCUT2D eigenvalue weighted by molar-refractivity contribution is 7.97. The monoisotopic (exact) mass is 280 g/mol. The average Bonchev–Trinajstić information content (AvgIpc) is 2.84. The van der Waals surface area contributed by atoms with Gasteiger partial charge in [-0.1, -0.05) is 5.16 Å². The lowest BCUT2D eigenvalue weighted by Gasteiger charge is -2.10.